The molecule has 0 bridgehead atoms. The third-order valence-corrected chi connectivity index (χ3v) is 4.25. The highest BCUT2D eigenvalue weighted by atomic mass is 32.1. The van der Waals surface area contributed by atoms with Gasteiger partial charge >= 0.3 is 0 Å². The molecule has 3 aromatic rings. The third kappa shape index (κ3) is 2.76. The number of carbonyl (C=O) groups is 1. The number of benzene rings is 2. The topological polar surface area (TPSA) is 47.6 Å². The maximum atomic E-state index is 12.4. The van der Waals surface area contributed by atoms with Gasteiger partial charge in [0.15, 0.2) is 11.5 Å². The summed E-state index contributed by atoms with van der Waals surface area (Å²) in [4.78, 5) is 12.4. The Morgan fingerprint density at radius 1 is 1.00 bits per heavy atom. The molecule has 1 aromatic heterocycles. The summed E-state index contributed by atoms with van der Waals surface area (Å²) < 4.78 is 11.6. The average molecular weight is 313 g/mol. The minimum Gasteiger partial charge on any atom is -0.493 e. The van der Waals surface area contributed by atoms with Crippen molar-refractivity contribution < 1.29 is 14.3 Å². The normalized spacial score (nSPS) is 10.5. The zero-order chi connectivity index (χ0) is 15.5. The van der Waals surface area contributed by atoms with E-state index in [1.54, 1.807) is 43.8 Å². The number of ether oxygens (including phenoxy) is 2. The Kier molecular flexibility index (Phi) is 3.98. The second-order valence-electron chi connectivity index (χ2n) is 4.70. The van der Waals surface area contributed by atoms with Crippen LogP contribution in [0, 0.1) is 0 Å². The first-order chi connectivity index (χ1) is 10.7. The van der Waals surface area contributed by atoms with E-state index >= 15 is 0 Å². The Labute approximate surface area is 132 Å². The number of thiophene rings is 1. The van der Waals surface area contributed by atoms with Crippen LogP contribution in [0.4, 0.5) is 5.69 Å². The van der Waals surface area contributed by atoms with Gasteiger partial charge in [-0.15, -0.1) is 11.3 Å². The molecule has 0 saturated heterocycles. The number of anilines is 1. The van der Waals surface area contributed by atoms with E-state index < -0.39 is 0 Å². The van der Waals surface area contributed by atoms with Crippen LogP contribution in [0.3, 0.4) is 0 Å². The molecule has 5 heteroatoms. The van der Waals surface area contributed by atoms with Crippen LogP contribution in [0.25, 0.3) is 10.1 Å². The minimum atomic E-state index is -0.185. The molecule has 0 saturated carbocycles. The maximum Gasteiger partial charge on any atom is 0.255 e. The first-order valence-electron chi connectivity index (χ1n) is 6.72. The third-order valence-electron chi connectivity index (χ3n) is 3.36. The number of rotatable bonds is 4. The molecule has 0 unspecified atom stereocenters. The van der Waals surface area contributed by atoms with Gasteiger partial charge in [0.1, 0.15) is 0 Å². The van der Waals surface area contributed by atoms with Gasteiger partial charge in [-0.2, -0.15) is 0 Å². The molecular weight excluding hydrogens is 298 g/mol. The number of nitrogens with one attached hydrogen (secondary N) is 1. The predicted molar refractivity (Wildman–Crippen MR) is 89.3 cm³/mol. The summed E-state index contributed by atoms with van der Waals surface area (Å²) in [7, 11) is 3.11. The summed E-state index contributed by atoms with van der Waals surface area (Å²) in [5, 5.41) is 6.05. The van der Waals surface area contributed by atoms with Crippen molar-refractivity contribution in [2.24, 2.45) is 0 Å². The summed E-state index contributed by atoms with van der Waals surface area (Å²) in [6, 6.07) is 13.0. The standard InChI is InChI=1S/C17H15NO3S/c1-20-14-5-3-12(10-15(14)21-2)17(19)18-13-4-6-16-11(9-13)7-8-22-16/h3-10H,1-2H3,(H,18,19). The van der Waals surface area contributed by atoms with Crippen molar-refractivity contribution >= 4 is 33.0 Å². The molecule has 0 spiro atoms. The summed E-state index contributed by atoms with van der Waals surface area (Å²) in [6.07, 6.45) is 0. The van der Waals surface area contributed by atoms with Gasteiger partial charge in [0.05, 0.1) is 14.2 Å². The Balaban J connectivity index is 1.84. The second-order valence-corrected chi connectivity index (χ2v) is 5.64. The summed E-state index contributed by atoms with van der Waals surface area (Å²) in [6.45, 7) is 0. The number of carbonyl (C=O) groups excluding carboxylic acids is 1. The Hall–Kier alpha value is -2.53. The molecule has 3 rings (SSSR count). The molecule has 0 aliphatic carbocycles. The van der Waals surface area contributed by atoms with Crippen LogP contribution < -0.4 is 14.8 Å². The van der Waals surface area contributed by atoms with Gasteiger partial charge in [-0.05, 0) is 53.2 Å². The number of fused-ring (bicyclic) bond motifs is 1. The molecular formula is C17H15NO3S. The summed E-state index contributed by atoms with van der Waals surface area (Å²) in [5.74, 6) is 0.942. The number of amides is 1. The van der Waals surface area contributed by atoms with Crippen molar-refractivity contribution in [1.29, 1.82) is 0 Å². The minimum absolute atomic E-state index is 0.185. The SMILES string of the molecule is COc1ccc(C(=O)Nc2ccc3sccc3c2)cc1OC. The van der Waals surface area contributed by atoms with Gasteiger partial charge in [0, 0.05) is 16.0 Å². The molecule has 2 aromatic carbocycles. The van der Waals surface area contributed by atoms with Crippen molar-refractivity contribution in [1.82, 2.24) is 0 Å². The second kappa shape index (κ2) is 6.07. The van der Waals surface area contributed by atoms with Crippen LogP contribution in [0.5, 0.6) is 11.5 Å². The molecule has 0 atom stereocenters. The van der Waals surface area contributed by atoms with Crippen LogP contribution >= 0.6 is 11.3 Å². The van der Waals surface area contributed by atoms with Crippen LogP contribution in [0.2, 0.25) is 0 Å². The fraction of sp³-hybridized carbons (Fsp3) is 0.118. The Morgan fingerprint density at radius 2 is 1.82 bits per heavy atom. The van der Waals surface area contributed by atoms with Crippen LogP contribution in [0.15, 0.2) is 47.8 Å². The highest BCUT2D eigenvalue weighted by molar-refractivity contribution is 7.17. The summed E-state index contributed by atoms with van der Waals surface area (Å²) >= 11 is 1.68. The van der Waals surface area contributed by atoms with Crippen molar-refractivity contribution in [2.75, 3.05) is 19.5 Å². The molecule has 112 valence electrons. The molecule has 0 radical (unpaired) electrons. The number of methoxy groups -OCH3 is 2. The van der Waals surface area contributed by atoms with Gasteiger partial charge in [-0.25, -0.2) is 0 Å². The fourth-order valence-corrected chi connectivity index (χ4v) is 3.00. The van der Waals surface area contributed by atoms with Crippen molar-refractivity contribution in [3.8, 4) is 11.5 Å². The zero-order valence-electron chi connectivity index (χ0n) is 12.3. The smallest absolute Gasteiger partial charge is 0.255 e. The lowest BCUT2D eigenvalue weighted by molar-refractivity contribution is 0.102. The van der Waals surface area contributed by atoms with E-state index in [0.717, 1.165) is 11.1 Å². The number of hydrogen-bond acceptors (Lipinski definition) is 4. The monoisotopic (exact) mass is 313 g/mol. The van der Waals surface area contributed by atoms with Crippen molar-refractivity contribution in [3.63, 3.8) is 0 Å². The molecule has 1 heterocycles. The van der Waals surface area contributed by atoms with Gasteiger partial charge < -0.3 is 14.8 Å². The molecule has 4 nitrogen and oxygen atoms in total. The van der Waals surface area contributed by atoms with E-state index in [1.165, 1.54) is 4.70 Å². The molecule has 22 heavy (non-hydrogen) atoms. The van der Waals surface area contributed by atoms with Gasteiger partial charge in [0.25, 0.3) is 5.91 Å². The predicted octanol–water partition coefficient (Wildman–Crippen LogP) is 4.17. The van der Waals surface area contributed by atoms with E-state index in [0.29, 0.717) is 17.1 Å². The molecule has 0 aliphatic rings. The first kappa shape index (κ1) is 14.4. The Morgan fingerprint density at radius 3 is 2.59 bits per heavy atom. The molecule has 0 fully saturated rings. The molecule has 1 amide bonds. The van der Waals surface area contributed by atoms with Gasteiger partial charge in [-0.3, -0.25) is 4.79 Å². The zero-order valence-corrected chi connectivity index (χ0v) is 13.1. The Bertz CT molecular complexity index is 826. The van der Waals surface area contributed by atoms with Crippen LogP contribution in [-0.2, 0) is 0 Å². The van der Waals surface area contributed by atoms with Gasteiger partial charge in [-0.1, -0.05) is 0 Å². The first-order valence-corrected chi connectivity index (χ1v) is 7.60. The van der Waals surface area contributed by atoms with E-state index in [4.69, 9.17) is 9.47 Å². The molecule has 0 aliphatic heterocycles. The summed E-state index contributed by atoms with van der Waals surface area (Å²) in [5.41, 5.74) is 1.29. The van der Waals surface area contributed by atoms with E-state index in [-0.39, 0.29) is 5.91 Å². The maximum absolute atomic E-state index is 12.4. The highest BCUT2D eigenvalue weighted by Crippen LogP contribution is 2.28. The largest absolute Gasteiger partial charge is 0.493 e. The fourth-order valence-electron chi connectivity index (χ4n) is 2.23. The lowest BCUT2D eigenvalue weighted by atomic mass is 10.1. The van der Waals surface area contributed by atoms with Gasteiger partial charge in [0.2, 0.25) is 0 Å². The van der Waals surface area contributed by atoms with E-state index in [2.05, 4.69) is 5.32 Å². The molecule has 1 N–H and O–H groups in total. The van der Waals surface area contributed by atoms with Crippen molar-refractivity contribution in [3.05, 3.63) is 53.4 Å². The van der Waals surface area contributed by atoms with Crippen LogP contribution in [-0.4, -0.2) is 20.1 Å². The number of hydrogen-bond donors (Lipinski definition) is 1. The lowest BCUT2D eigenvalue weighted by Gasteiger charge is -2.10. The quantitative estimate of drug-likeness (QED) is 0.786. The van der Waals surface area contributed by atoms with Crippen LogP contribution in [0.1, 0.15) is 10.4 Å². The lowest BCUT2D eigenvalue weighted by Crippen LogP contribution is -2.12. The highest BCUT2D eigenvalue weighted by Gasteiger charge is 2.11. The average Bonchev–Trinajstić information content (AvgIpc) is 3.01. The van der Waals surface area contributed by atoms with Crippen molar-refractivity contribution in [2.45, 2.75) is 0 Å². The van der Waals surface area contributed by atoms with E-state index in [1.807, 2.05) is 29.6 Å². The van der Waals surface area contributed by atoms with E-state index in [9.17, 15) is 4.79 Å².